The summed E-state index contributed by atoms with van der Waals surface area (Å²) in [6, 6.07) is 13.6. The lowest BCUT2D eigenvalue weighted by atomic mass is 10.1. The van der Waals surface area contributed by atoms with E-state index in [1.807, 2.05) is 30.3 Å². The van der Waals surface area contributed by atoms with Crippen molar-refractivity contribution in [2.24, 2.45) is 0 Å². The van der Waals surface area contributed by atoms with Crippen molar-refractivity contribution in [3.8, 4) is 5.75 Å². The lowest BCUT2D eigenvalue weighted by Crippen LogP contribution is -2.42. The molecule has 0 aromatic heterocycles. The Morgan fingerprint density at radius 3 is 2.46 bits per heavy atom. The van der Waals surface area contributed by atoms with E-state index in [2.05, 4.69) is 5.32 Å². The van der Waals surface area contributed by atoms with Gasteiger partial charge in [0.25, 0.3) is 5.69 Å². The zero-order valence-corrected chi connectivity index (χ0v) is 16.4. The Labute approximate surface area is 164 Å². The summed E-state index contributed by atoms with van der Waals surface area (Å²) in [5.41, 5.74) is 1.40. The second kappa shape index (κ2) is 8.57. The van der Waals surface area contributed by atoms with Crippen LogP contribution in [-0.2, 0) is 15.8 Å². The molecule has 1 heterocycles. The van der Waals surface area contributed by atoms with Gasteiger partial charge in [0.2, 0.25) is 10.0 Å². The molecule has 0 spiro atoms. The Balaban J connectivity index is 1.60. The minimum absolute atomic E-state index is 0.00209. The van der Waals surface area contributed by atoms with Gasteiger partial charge in [-0.25, -0.2) is 12.7 Å². The normalized spacial score (nSPS) is 15.9. The van der Waals surface area contributed by atoms with E-state index in [1.165, 1.54) is 23.5 Å². The quantitative estimate of drug-likeness (QED) is 0.561. The first kappa shape index (κ1) is 20.1. The van der Waals surface area contributed by atoms with Gasteiger partial charge in [-0.1, -0.05) is 30.3 Å². The van der Waals surface area contributed by atoms with Crippen LogP contribution in [-0.4, -0.2) is 43.9 Å². The Hall–Kier alpha value is -2.65. The molecule has 0 radical (unpaired) electrons. The van der Waals surface area contributed by atoms with E-state index in [4.69, 9.17) is 4.74 Å². The zero-order chi connectivity index (χ0) is 20.1. The van der Waals surface area contributed by atoms with E-state index in [0.717, 1.165) is 5.56 Å². The summed E-state index contributed by atoms with van der Waals surface area (Å²) >= 11 is 0. The molecule has 2 aromatic carbocycles. The maximum absolute atomic E-state index is 12.6. The van der Waals surface area contributed by atoms with Crippen LogP contribution in [0.15, 0.2) is 48.5 Å². The van der Waals surface area contributed by atoms with E-state index in [1.54, 1.807) is 6.07 Å². The van der Waals surface area contributed by atoms with Crippen LogP contribution >= 0.6 is 0 Å². The number of ether oxygens (including phenoxy) is 1. The SMILES string of the molecule is COc1cc([N+](=O)[O-])ccc1NC1CCN(S(=O)(=O)Cc2ccccc2)CC1. The lowest BCUT2D eigenvalue weighted by Gasteiger charge is -2.32. The third-order valence-electron chi connectivity index (χ3n) is 4.79. The summed E-state index contributed by atoms with van der Waals surface area (Å²) < 4.78 is 32.1. The average molecular weight is 405 g/mol. The molecule has 0 saturated carbocycles. The molecular formula is C19H23N3O5S. The van der Waals surface area contributed by atoms with E-state index >= 15 is 0 Å². The summed E-state index contributed by atoms with van der Waals surface area (Å²) in [6.45, 7) is 0.865. The molecule has 1 aliphatic rings. The molecule has 150 valence electrons. The average Bonchev–Trinajstić information content (AvgIpc) is 2.69. The molecule has 3 rings (SSSR count). The Kier molecular flexibility index (Phi) is 6.15. The van der Waals surface area contributed by atoms with Crippen molar-refractivity contribution in [1.29, 1.82) is 0 Å². The number of piperidine rings is 1. The number of benzene rings is 2. The second-order valence-electron chi connectivity index (χ2n) is 6.70. The molecule has 0 bridgehead atoms. The maximum atomic E-state index is 12.6. The number of anilines is 1. The first-order valence-electron chi connectivity index (χ1n) is 9.00. The van der Waals surface area contributed by atoms with Gasteiger partial charge in [-0.2, -0.15) is 0 Å². The Morgan fingerprint density at radius 1 is 1.18 bits per heavy atom. The van der Waals surface area contributed by atoms with Crippen LogP contribution in [0.2, 0.25) is 0 Å². The number of methoxy groups -OCH3 is 1. The monoisotopic (exact) mass is 405 g/mol. The van der Waals surface area contributed by atoms with Gasteiger partial charge in [0.15, 0.2) is 0 Å². The summed E-state index contributed by atoms with van der Waals surface area (Å²) in [4.78, 5) is 10.4. The molecule has 28 heavy (non-hydrogen) atoms. The first-order valence-corrected chi connectivity index (χ1v) is 10.6. The number of hydrogen-bond donors (Lipinski definition) is 1. The molecule has 0 amide bonds. The van der Waals surface area contributed by atoms with Crippen LogP contribution in [0.1, 0.15) is 18.4 Å². The minimum atomic E-state index is -3.35. The van der Waals surface area contributed by atoms with E-state index in [0.29, 0.717) is 37.4 Å². The molecule has 2 aromatic rings. The van der Waals surface area contributed by atoms with Gasteiger partial charge in [0.05, 0.1) is 29.5 Å². The van der Waals surface area contributed by atoms with Gasteiger partial charge < -0.3 is 10.1 Å². The number of hydrogen-bond acceptors (Lipinski definition) is 6. The molecule has 0 atom stereocenters. The molecule has 0 unspecified atom stereocenters. The van der Waals surface area contributed by atoms with Crippen molar-refractivity contribution in [2.75, 3.05) is 25.5 Å². The first-order chi connectivity index (χ1) is 13.4. The van der Waals surface area contributed by atoms with Crippen molar-refractivity contribution >= 4 is 21.4 Å². The fourth-order valence-corrected chi connectivity index (χ4v) is 4.85. The summed E-state index contributed by atoms with van der Waals surface area (Å²) in [5, 5.41) is 14.2. The third-order valence-corrected chi connectivity index (χ3v) is 6.64. The number of nitrogens with zero attached hydrogens (tertiary/aromatic N) is 2. The maximum Gasteiger partial charge on any atom is 0.273 e. The number of nitrogens with one attached hydrogen (secondary N) is 1. The lowest BCUT2D eigenvalue weighted by molar-refractivity contribution is -0.384. The van der Waals surface area contributed by atoms with Crippen LogP contribution in [0.5, 0.6) is 5.75 Å². The molecular weight excluding hydrogens is 382 g/mol. The van der Waals surface area contributed by atoms with Crippen molar-refractivity contribution in [3.05, 3.63) is 64.2 Å². The Morgan fingerprint density at radius 2 is 1.86 bits per heavy atom. The van der Waals surface area contributed by atoms with E-state index in [9.17, 15) is 18.5 Å². The topological polar surface area (TPSA) is 102 Å². The van der Waals surface area contributed by atoms with Crippen molar-refractivity contribution in [2.45, 2.75) is 24.6 Å². The molecule has 1 N–H and O–H groups in total. The van der Waals surface area contributed by atoms with Gasteiger partial charge >= 0.3 is 0 Å². The number of rotatable bonds is 7. The Bertz CT molecular complexity index is 926. The van der Waals surface area contributed by atoms with Crippen LogP contribution in [0.4, 0.5) is 11.4 Å². The van der Waals surface area contributed by atoms with Crippen molar-refractivity contribution in [1.82, 2.24) is 4.31 Å². The number of non-ortho nitro benzene ring substituents is 1. The minimum Gasteiger partial charge on any atom is -0.494 e. The third kappa shape index (κ3) is 4.79. The number of nitro benzene ring substituents is 1. The predicted molar refractivity (Wildman–Crippen MR) is 107 cm³/mol. The van der Waals surface area contributed by atoms with Crippen LogP contribution in [0.25, 0.3) is 0 Å². The molecule has 9 heteroatoms. The van der Waals surface area contributed by atoms with E-state index < -0.39 is 14.9 Å². The summed E-state index contributed by atoms with van der Waals surface area (Å²) in [7, 11) is -1.89. The van der Waals surface area contributed by atoms with Gasteiger partial charge in [-0.3, -0.25) is 10.1 Å². The van der Waals surface area contributed by atoms with Crippen LogP contribution in [0, 0.1) is 10.1 Å². The van der Waals surface area contributed by atoms with Crippen molar-refractivity contribution in [3.63, 3.8) is 0 Å². The highest BCUT2D eigenvalue weighted by atomic mass is 32.2. The predicted octanol–water partition coefficient (Wildman–Crippen LogP) is 3.01. The highest BCUT2D eigenvalue weighted by Gasteiger charge is 2.28. The molecule has 1 saturated heterocycles. The van der Waals surface area contributed by atoms with Gasteiger partial charge in [-0.05, 0) is 24.5 Å². The van der Waals surface area contributed by atoms with Crippen LogP contribution < -0.4 is 10.1 Å². The second-order valence-corrected chi connectivity index (χ2v) is 8.67. The van der Waals surface area contributed by atoms with Gasteiger partial charge in [0, 0.05) is 25.2 Å². The summed E-state index contributed by atoms with van der Waals surface area (Å²) in [5.74, 6) is 0.399. The highest BCUT2D eigenvalue weighted by molar-refractivity contribution is 7.88. The zero-order valence-electron chi connectivity index (χ0n) is 15.6. The van der Waals surface area contributed by atoms with E-state index in [-0.39, 0.29) is 17.5 Å². The summed E-state index contributed by atoms with van der Waals surface area (Å²) in [6.07, 6.45) is 1.29. The smallest absolute Gasteiger partial charge is 0.273 e. The van der Waals surface area contributed by atoms with Crippen molar-refractivity contribution < 1.29 is 18.1 Å². The van der Waals surface area contributed by atoms with Gasteiger partial charge in [-0.15, -0.1) is 0 Å². The fourth-order valence-electron chi connectivity index (χ4n) is 3.29. The highest BCUT2D eigenvalue weighted by Crippen LogP contribution is 2.31. The molecule has 0 aliphatic carbocycles. The largest absolute Gasteiger partial charge is 0.494 e. The fraction of sp³-hybridized carbons (Fsp3) is 0.368. The number of nitro groups is 1. The standard InChI is InChI=1S/C19H23N3O5S/c1-27-19-13-17(22(23)24)7-8-18(19)20-16-9-11-21(12-10-16)28(25,26)14-15-5-3-2-4-6-15/h2-8,13,16,20H,9-12,14H2,1H3. The molecule has 8 nitrogen and oxygen atoms in total. The molecule has 1 fully saturated rings. The van der Waals surface area contributed by atoms with Gasteiger partial charge in [0.1, 0.15) is 5.75 Å². The van der Waals surface area contributed by atoms with Crippen LogP contribution in [0.3, 0.4) is 0 Å². The molecule has 1 aliphatic heterocycles. The number of sulfonamides is 1.